The average molecular weight is 365 g/mol. The van der Waals surface area contributed by atoms with Gasteiger partial charge >= 0.3 is 0 Å². The molecule has 0 saturated carbocycles. The quantitative estimate of drug-likeness (QED) is 0.830. The van der Waals surface area contributed by atoms with Gasteiger partial charge in [-0.25, -0.2) is 0 Å². The molecule has 0 saturated heterocycles. The molecule has 0 aliphatic rings. The minimum absolute atomic E-state index is 0. The summed E-state index contributed by atoms with van der Waals surface area (Å²) in [5, 5.41) is 0. The largest absolute Gasteiger partial charge is 0.341 e. The molecule has 0 heterocycles. The van der Waals surface area contributed by atoms with Crippen molar-refractivity contribution in [3.05, 3.63) is 60.2 Å². The molecule has 130 valence electrons. The number of nitrogens with zero attached hydrogens (tertiary/aromatic N) is 1. The van der Waals surface area contributed by atoms with Crippen molar-refractivity contribution in [2.24, 2.45) is 11.1 Å². The number of halogens is 1. The van der Waals surface area contributed by atoms with E-state index in [4.69, 9.17) is 5.73 Å². The third kappa shape index (κ3) is 5.55. The topological polar surface area (TPSA) is 46.3 Å². The molecule has 0 atom stereocenters. The zero-order valence-corrected chi connectivity index (χ0v) is 16.0. The molecular formula is C19H25ClN2OS. The fourth-order valence-electron chi connectivity index (χ4n) is 2.33. The molecule has 0 spiro atoms. The van der Waals surface area contributed by atoms with Crippen molar-refractivity contribution in [2.75, 3.05) is 20.1 Å². The van der Waals surface area contributed by atoms with Crippen LogP contribution in [0.1, 0.15) is 24.2 Å². The molecule has 5 heteroatoms. The van der Waals surface area contributed by atoms with Crippen molar-refractivity contribution in [1.29, 1.82) is 0 Å². The van der Waals surface area contributed by atoms with E-state index in [-0.39, 0.29) is 23.7 Å². The molecule has 2 aromatic rings. The van der Waals surface area contributed by atoms with Crippen LogP contribution in [0.25, 0.3) is 0 Å². The van der Waals surface area contributed by atoms with Crippen LogP contribution < -0.4 is 5.73 Å². The molecule has 0 aromatic heterocycles. The number of carbonyl (C=O) groups excluding carboxylic acids is 1. The van der Waals surface area contributed by atoms with Gasteiger partial charge in [0.15, 0.2) is 0 Å². The maximum absolute atomic E-state index is 12.8. The van der Waals surface area contributed by atoms with Gasteiger partial charge in [0.1, 0.15) is 0 Å². The van der Waals surface area contributed by atoms with Gasteiger partial charge in [0.05, 0.1) is 5.56 Å². The zero-order valence-electron chi connectivity index (χ0n) is 14.4. The van der Waals surface area contributed by atoms with Gasteiger partial charge in [-0.15, -0.1) is 12.4 Å². The Kier molecular flexibility index (Phi) is 7.80. The summed E-state index contributed by atoms with van der Waals surface area (Å²) in [6.07, 6.45) is 0. The first-order chi connectivity index (χ1) is 10.9. The third-order valence-electron chi connectivity index (χ3n) is 3.65. The summed E-state index contributed by atoms with van der Waals surface area (Å²) in [4.78, 5) is 16.7. The van der Waals surface area contributed by atoms with E-state index in [0.29, 0.717) is 13.1 Å². The third-order valence-corrected chi connectivity index (χ3v) is 4.74. The number of benzene rings is 2. The molecule has 0 bridgehead atoms. The van der Waals surface area contributed by atoms with Crippen molar-refractivity contribution in [3.63, 3.8) is 0 Å². The SMILES string of the molecule is CN(CC(C)(C)CN)C(=O)c1ccccc1Sc1ccccc1.Cl. The van der Waals surface area contributed by atoms with Crippen molar-refractivity contribution in [2.45, 2.75) is 23.6 Å². The van der Waals surface area contributed by atoms with Crippen LogP contribution in [0.3, 0.4) is 0 Å². The van der Waals surface area contributed by atoms with Crippen LogP contribution in [0.5, 0.6) is 0 Å². The number of carbonyl (C=O) groups is 1. The molecule has 0 radical (unpaired) electrons. The second kappa shape index (κ2) is 9.11. The molecule has 2 aromatic carbocycles. The van der Waals surface area contributed by atoms with Gasteiger partial charge < -0.3 is 10.6 Å². The van der Waals surface area contributed by atoms with Crippen LogP contribution >= 0.6 is 24.2 Å². The Bertz CT molecular complexity index is 661. The van der Waals surface area contributed by atoms with Gasteiger partial charge in [-0.05, 0) is 36.2 Å². The van der Waals surface area contributed by atoms with E-state index in [1.165, 1.54) is 0 Å². The van der Waals surface area contributed by atoms with E-state index < -0.39 is 0 Å². The average Bonchev–Trinajstić information content (AvgIpc) is 2.55. The fourth-order valence-corrected chi connectivity index (χ4v) is 3.29. The Hall–Kier alpha value is -1.49. The minimum Gasteiger partial charge on any atom is -0.341 e. The lowest BCUT2D eigenvalue weighted by Crippen LogP contribution is -2.39. The lowest BCUT2D eigenvalue weighted by molar-refractivity contribution is 0.0737. The van der Waals surface area contributed by atoms with Gasteiger partial charge in [-0.2, -0.15) is 0 Å². The van der Waals surface area contributed by atoms with Crippen molar-refractivity contribution < 1.29 is 4.79 Å². The summed E-state index contributed by atoms with van der Waals surface area (Å²) >= 11 is 1.61. The minimum atomic E-state index is -0.0913. The number of amides is 1. The number of hydrogen-bond donors (Lipinski definition) is 1. The Morgan fingerprint density at radius 2 is 1.67 bits per heavy atom. The van der Waals surface area contributed by atoms with Crippen molar-refractivity contribution in [3.8, 4) is 0 Å². The normalized spacial score (nSPS) is 10.8. The smallest absolute Gasteiger partial charge is 0.254 e. The lowest BCUT2D eigenvalue weighted by atomic mass is 9.93. The maximum Gasteiger partial charge on any atom is 0.254 e. The van der Waals surface area contributed by atoms with Crippen molar-refractivity contribution >= 4 is 30.1 Å². The molecule has 2 rings (SSSR count). The molecule has 0 aliphatic carbocycles. The van der Waals surface area contributed by atoms with Crippen LogP contribution in [0.2, 0.25) is 0 Å². The number of hydrogen-bond acceptors (Lipinski definition) is 3. The van der Waals surface area contributed by atoms with E-state index in [0.717, 1.165) is 15.4 Å². The van der Waals surface area contributed by atoms with Gasteiger partial charge in [0.2, 0.25) is 0 Å². The van der Waals surface area contributed by atoms with Gasteiger partial charge in [-0.1, -0.05) is 55.9 Å². The number of nitrogens with two attached hydrogens (primary N) is 1. The van der Waals surface area contributed by atoms with Crippen LogP contribution in [0.4, 0.5) is 0 Å². The van der Waals surface area contributed by atoms with Crippen LogP contribution in [0, 0.1) is 5.41 Å². The Balaban J connectivity index is 0.00000288. The predicted molar refractivity (Wildman–Crippen MR) is 104 cm³/mol. The van der Waals surface area contributed by atoms with Crippen LogP contribution in [-0.4, -0.2) is 30.9 Å². The van der Waals surface area contributed by atoms with E-state index in [9.17, 15) is 4.79 Å². The lowest BCUT2D eigenvalue weighted by Gasteiger charge is -2.29. The summed E-state index contributed by atoms with van der Waals surface area (Å²) in [6, 6.07) is 17.8. The van der Waals surface area contributed by atoms with Gasteiger partial charge in [0.25, 0.3) is 5.91 Å². The first-order valence-electron chi connectivity index (χ1n) is 7.70. The maximum atomic E-state index is 12.8. The highest BCUT2D eigenvalue weighted by molar-refractivity contribution is 7.99. The standard InChI is InChI=1S/C19H24N2OS.ClH/c1-19(2,13-20)14-21(3)18(22)16-11-7-8-12-17(16)23-15-9-5-4-6-10-15;/h4-12H,13-14,20H2,1-3H3;1H. The van der Waals surface area contributed by atoms with E-state index in [2.05, 4.69) is 13.8 Å². The summed E-state index contributed by atoms with van der Waals surface area (Å²) in [5.41, 5.74) is 6.43. The molecule has 0 fully saturated rings. The highest BCUT2D eigenvalue weighted by Gasteiger charge is 2.23. The molecular weight excluding hydrogens is 340 g/mol. The summed E-state index contributed by atoms with van der Waals surface area (Å²) < 4.78 is 0. The molecule has 24 heavy (non-hydrogen) atoms. The summed E-state index contributed by atoms with van der Waals surface area (Å²) in [6.45, 7) is 5.32. The molecule has 3 nitrogen and oxygen atoms in total. The van der Waals surface area contributed by atoms with E-state index >= 15 is 0 Å². The van der Waals surface area contributed by atoms with Crippen molar-refractivity contribution in [1.82, 2.24) is 4.90 Å². The van der Waals surface area contributed by atoms with Gasteiger partial charge in [0, 0.05) is 23.4 Å². The predicted octanol–water partition coefficient (Wildman–Crippen LogP) is 4.32. The Morgan fingerprint density at radius 1 is 1.08 bits per heavy atom. The van der Waals surface area contributed by atoms with Crippen LogP contribution in [0.15, 0.2) is 64.4 Å². The fraction of sp³-hybridized carbons (Fsp3) is 0.316. The highest BCUT2D eigenvalue weighted by Crippen LogP contribution is 2.31. The van der Waals surface area contributed by atoms with Gasteiger partial charge in [-0.3, -0.25) is 4.79 Å². The first kappa shape index (κ1) is 20.6. The second-order valence-corrected chi connectivity index (χ2v) is 7.56. The van der Waals surface area contributed by atoms with E-state index in [1.807, 2.05) is 61.6 Å². The monoisotopic (exact) mass is 364 g/mol. The van der Waals surface area contributed by atoms with E-state index in [1.54, 1.807) is 16.7 Å². The number of rotatable bonds is 6. The molecule has 0 aliphatic heterocycles. The molecule has 0 unspecified atom stereocenters. The summed E-state index contributed by atoms with van der Waals surface area (Å²) in [5.74, 6) is 0.0329. The molecule has 2 N–H and O–H groups in total. The zero-order chi connectivity index (χ0) is 16.9. The highest BCUT2D eigenvalue weighted by atomic mass is 35.5. The summed E-state index contributed by atoms with van der Waals surface area (Å²) in [7, 11) is 1.84. The molecule has 1 amide bonds. The Labute approximate surface area is 155 Å². The Morgan fingerprint density at radius 3 is 2.29 bits per heavy atom. The second-order valence-electron chi connectivity index (χ2n) is 6.44. The van der Waals surface area contributed by atoms with Crippen LogP contribution in [-0.2, 0) is 0 Å². The first-order valence-corrected chi connectivity index (χ1v) is 8.52.